The van der Waals surface area contributed by atoms with Crippen molar-refractivity contribution in [2.75, 3.05) is 0 Å². The molecule has 0 radical (unpaired) electrons. The van der Waals surface area contributed by atoms with Crippen LogP contribution in [0.5, 0.6) is 0 Å². The van der Waals surface area contributed by atoms with E-state index >= 15 is 0 Å². The molecule has 0 bridgehead atoms. The molecule has 1 aliphatic rings. The van der Waals surface area contributed by atoms with Gasteiger partial charge in [0.2, 0.25) is 5.91 Å². The Kier molecular flexibility index (Phi) is 4.40. The van der Waals surface area contributed by atoms with E-state index in [0.29, 0.717) is 18.6 Å². The van der Waals surface area contributed by atoms with Gasteiger partial charge in [0.15, 0.2) is 0 Å². The predicted octanol–water partition coefficient (Wildman–Crippen LogP) is 2.90. The molecule has 5 nitrogen and oxygen atoms in total. The van der Waals surface area contributed by atoms with Crippen LogP contribution in [0.1, 0.15) is 62.0 Å². The lowest BCUT2D eigenvalue weighted by atomic mass is 9.81. The smallest absolute Gasteiger partial charge is 0.329 e. The molecule has 2 rings (SSSR count). The van der Waals surface area contributed by atoms with Gasteiger partial charge in [0.25, 0.3) is 0 Å². The summed E-state index contributed by atoms with van der Waals surface area (Å²) >= 11 is 0. The molecule has 116 valence electrons. The molecule has 0 unspecified atom stereocenters. The number of carbonyl (C=O) groups excluding carboxylic acids is 1. The SMILES string of the molecule is Cc1cc([C@H](C)C(=O)NC2(C(=O)O)CCCCC2)c(C)o1. The number of aryl methyl sites for hydroxylation is 2. The van der Waals surface area contributed by atoms with Gasteiger partial charge in [-0.3, -0.25) is 4.79 Å². The molecule has 21 heavy (non-hydrogen) atoms. The van der Waals surface area contributed by atoms with Crippen molar-refractivity contribution in [2.24, 2.45) is 0 Å². The Hall–Kier alpha value is -1.78. The van der Waals surface area contributed by atoms with Crippen molar-refractivity contribution in [1.29, 1.82) is 0 Å². The van der Waals surface area contributed by atoms with Gasteiger partial charge in [0, 0.05) is 5.56 Å². The van der Waals surface area contributed by atoms with Crippen molar-refractivity contribution in [3.8, 4) is 0 Å². The largest absolute Gasteiger partial charge is 0.480 e. The molecule has 1 saturated carbocycles. The quantitative estimate of drug-likeness (QED) is 0.894. The van der Waals surface area contributed by atoms with Gasteiger partial charge >= 0.3 is 5.97 Å². The van der Waals surface area contributed by atoms with E-state index in [1.807, 2.05) is 19.9 Å². The summed E-state index contributed by atoms with van der Waals surface area (Å²) in [4.78, 5) is 24.1. The minimum Gasteiger partial charge on any atom is -0.480 e. The molecule has 1 amide bonds. The van der Waals surface area contributed by atoms with Crippen molar-refractivity contribution in [1.82, 2.24) is 5.32 Å². The Morgan fingerprint density at radius 2 is 1.90 bits per heavy atom. The molecule has 1 aromatic rings. The van der Waals surface area contributed by atoms with Crippen LogP contribution < -0.4 is 5.32 Å². The molecule has 0 aromatic carbocycles. The molecule has 1 aromatic heterocycles. The van der Waals surface area contributed by atoms with Crippen molar-refractivity contribution in [3.05, 3.63) is 23.2 Å². The van der Waals surface area contributed by atoms with Crippen LogP contribution in [0.15, 0.2) is 10.5 Å². The summed E-state index contributed by atoms with van der Waals surface area (Å²) in [6, 6.07) is 1.84. The maximum atomic E-state index is 12.5. The minimum atomic E-state index is -1.10. The third-order valence-electron chi connectivity index (χ3n) is 4.42. The molecular formula is C16H23NO4. The third kappa shape index (κ3) is 3.12. The molecule has 0 saturated heterocycles. The topological polar surface area (TPSA) is 79.5 Å². The second kappa shape index (κ2) is 5.92. The number of aliphatic carboxylic acids is 1. The number of carboxylic acid groups (broad SMARTS) is 1. The van der Waals surface area contributed by atoms with Gasteiger partial charge in [-0.2, -0.15) is 0 Å². The van der Waals surface area contributed by atoms with Crippen LogP contribution >= 0.6 is 0 Å². The van der Waals surface area contributed by atoms with Gasteiger partial charge in [0.1, 0.15) is 17.1 Å². The molecule has 1 fully saturated rings. The maximum absolute atomic E-state index is 12.5. The van der Waals surface area contributed by atoms with Crippen molar-refractivity contribution in [2.45, 2.75) is 64.3 Å². The normalized spacial score (nSPS) is 19.0. The van der Waals surface area contributed by atoms with E-state index in [2.05, 4.69) is 5.32 Å². The average molecular weight is 293 g/mol. The first-order valence-corrected chi connectivity index (χ1v) is 7.48. The Morgan fingerprint density at radius 3 is 2.38 bits per heavy atom. The highest BCUT2D eigenvalue weighted by Gasteiger charge is 2.41. The lowest BCUT2D eigenvalue weighted by molar-refractivity contribution is -0.149. The molecule has 1 atom stereocenters. The van der Waals surface area contributed by atoms with E-state index in [4.69, 9.17) is 4.42 Å². The van der Waals surface area contributed by atoms with E-state index in [-0.39, 0.29) is 5.91 Å². The summed E-state index contributed by atoms with van der Waals surface area (Å²) in [5.41, 5.74) is -0.280. The minimum absolute atomic E-state index is 0.247. The zero-order valence-electron chi connectivity index (χ0n) is 12.9. The van der Waals surface area contributed by atoms with Crippen LogP contribution in [-0.2, 0) is 9.59 Å². The third-order valence-corrected chi connectivity index (χ3v) is 4.42. The molecule has 5 heteroatoms. The number of furan rings is 1. The van der Waals surface area contributed by atoms with Crippen molar-refractivity contribution < 1.29 is 19.1 Å². The number of rotatable bonds is 4. The van der Waals surface area contributed by atoms with E-state index in [1.54, 1.807) is 6.92 Å². The average Bonchev–Trinajstić information content (AvgIpc) is 2.77. The summed E-state index contributed by atoms with van der Waals surface area (Å²) in [5.74, 6) is -0.123. The van der Waals surface area contributed by atoms with Gasteiger partial charge in [0.05, 0.1) is 5.92 Å². The second-order valence-corrected chi connectivity index (χ2v) is 6.03. The fourth-order valence-corrected chi connectivity index (χ4v) is 3.11. The molecule has 1 aliphatic carbocycles. The monoisotopic (exact) mass is 293 g/mol. The molecule has 0 aliphatic heterocycles. The fourth-order valence-electron chi connectivity index (χ4n) is 3.11. The van der Waals surface area contributed by atoms with E-state index < -0.39 is 17.4 Å². The molecule has 1 heterocycles. The van der Waals surface area contributed by atoms with Crippen LogP contribution in [0, 0.1) is 13.8 Å². The summed E-state index contributed by atoms with van der Waals surface area (Å²) in [7, 11) is 0. The Bertz CT molecular complexity index is 540. The number of hydrogen-bond acceptors (Lipinski definition) is 3. The van der Waals surface area contributed by atoms with E-state index in [1.165, 1.54) is 0 Å². The predicted molar refractivity (Wildman–Crippen MR) is 78.2 cm³/mol. The fraction of sp³-hybridized carbons (Fsp3) is 0.625. The van der Waals surface area contributed by atoms with Gasteiger partial charge in [-0.25, -0.2) is 4.79 Å². The molecule has 0 spiro atoms. The van der Waals surface area contributed by atoms with E-state index in [0.717, 1.165) is 30.6 Å². The number of nitrogens with one attached hydrogen (secondary N) is 1. The lowest BCUT2D eigenvalue weighted by Gasteiger charge is -2.34. The Morgan fingerprint density at radius 1 is 1.29 bits per heavy atom. The van der Waals surface area contributed by atoms with Crippen LogP contribution in [0.25, 0.3) is 0 Å². The highest BCUT2D eigenvalue weighted by atomic mass is 16.4. The summed E-state index contributed by atoms with van der Waals surface area (Å²) < 4.78 is 5.45. The molecule has 2 N–H and O–H groups in total. The standard InChI is InChI=1S/C16H23NO4/c1-10-9-13(12(3)21-10)11(2)14(18)17-16(15(19)20)7-5-4-6-8-16/h9,11H,4-8H2,1-3H3,(H,17,18)(H,19,20)/t11-/m0/s1. The number of carboxylic acids is 1. The Balaban J connectivity index is 2.15. The first-order valence-electron chi connectivity index (χ1n) is 7.48. The van der Waals surface area contributed by atoms with Crippen LogP contribution in [-0.4, -0.2) is 22.5 Å². The zero-order chi connectivity index (χ0) is 15.6. The van der Waals surface area contributed by atoms with Gasteiger partial charge in [-0.15, -0.1) is 0 Å². The van der Waals surface area contributed by atoms with Crippen LogP contribution in [0.4, 0.5) is 0 Å². The lowest BCUT2D eigenvalue weighted by Crippen LogP contribution is -2.56. The summed E-state index contributed by atoms with van der Waals surface area (Å²) in [5, 5.41) is 12.3. The van der Waals surface area contributed by atoms with Crippen LogP contribution in [0.3, 0.4) is 0 Å². The first kappa shape index (κ1) is 15.6. The maximum Gasteiger partial charge on any atom is 0.329 e. The highest BCUT2D eigenvalue weighted by Crippen LogP contribution is 2.30. The number of hydrogen-bond donors (Lipinski definition) is 2. The van der Waals surface area contributed by atoms with Gasteiger partial charge in [-0.05, 0) is 39.7 Å². The zero-order valence-corrected chi connectivity index (χ0v) is 12.9. The highest BCUT2D eigenvalue weighted by molar-refractivity contribution is 5.90. The second-order valence-electron chi connectivity index (χ2n) is 6.03. The Labute approximate surface area is 124 Å². The van der Waals surface area contributed by atoms with Crippen molar-refractivity contribution in [3.63, 3.8) is 0 Å². The summed E-state index contributed by atoms with van der Waals surface area (Å²) in [6.07, 6.45) is 3.71. The first-order chi connectivity index (χ1) is 9.85. The van der Waals surface area contributed by atoms with Gasteiger partial charge in [-0.1, -0.05) is 19.3 Å². The number of amides is 1. The number of carbonyl (C=O) groups is 2. The van der Waals surface area contributed by atoms with E-state index in [9.17, 15) is 14.7 Å². The van der Waals surface area contributed by atoms with Crippen LogP contribution in [0.2, 0.25) is 0 Å². The van der Waals surface area contributed by atoms with Gasteiger partial charge < -0.3 is 14.8 Å². The van der Waals surface area contributed by atoms with Crippen molar-refractivity contribution >= 4 is 11.9 Å². The molecular weight excluding hydrogens is 270 g/mol. The summed E-state index contributed by atoms with van der Waals surface area (Å²) in [6.45, 7) is 5.44.